The van der Waals surface area contributed by atoms with Crippen molar-refractivity contribution < 1.29 is 35.1 Å². The van der Waals surface area contributed by atoms with Crippen molar-refractivity contribution in [3.8, 4) is 148 Å². The van der Waals surface area contributed by atoms with Crippen LogP contribution in [0.15, 0.2) is 322 Å². The predicted octanol–water partition coefficient (Wildman–Crippen LogP) is 32.2. The lowest BCUT2D eigenvalue weighted by Crippen LogP contribution is -2.05. The molecule has 17 aromatic carbocycles. The molecule has 6 aromatic heterocycles. The molecule has 0 atom stereocenters. The number of fused-ring (bicyclic) bond motifs is 15. The van der Waals surface area contributed by atoms with Gasteiger partial charge in [-0.1, -0.05) is 231 Å². The van der Waals surface area contributed by atoms with Crippen molar-refractivity contribution in [2.24, 2.45) is 0 Å². The van der Waals surface area contributed by atoms with E-state index in [1.165, 1.54) is 24.3 Å². The zero-order chi connectivity index (χ0) is 102. The van der Waals surface area contributed by atoms with E-state index >= 15 is 8.78 Å². The molecule has 0 aliphatic carbocycles. The molecule has 0 saturated heterocycles. The molecule has 6 heterocycles. The molecule has 23 rings (SSSR count). The average molecular weight is 1920 g/mol. The van der Waals surface area contributed by atoms with Crippen LogP contribution in [-0.2, 0) is 0 Å². The fourth-order valence-corrected chi connectivity index (χ4v) is 18.3. The molecule has 0 fully saturated rings. The van der Waals surface area contributed by atoms with Crippen LogP contribution in [0.3, 0.4) is 0 Å². The highest BCUT2D eigenvalue weighted by atomic mass is 19.2. The number of hydrogen-bond donors (Lipinski definition) is 0. The molecule has 0 amide bonds. The maximum Gasteiger partial charge on any atom is 0.215 e. The monoisotopic (exact) mass is 1920 g/mol. The summed E-state index contributed by atoms with van der Waals surface area (Å²) in [5, 5.41) is 43.9. The molecule has 148 heavy (non-hydrogen) atoms. The molecular weight excluding hydrogens is 1870 g/mol. The normalized spacial score (nSPS) is 10.9. The maximum absolute atomic E-state index is 15.3. The molecule has 19 nitrogen and oxygen atoms in total. The van der Waals surface area contributed by atoms with Gasteiger partial charge in [-0.3, -0.25) is 15.0 Å². The van der Waals surface area contributed by atoms with Gasteiger partial charge in [0.05, 0.1) is 192 Å². The molecule has 0 radical (unpaired) electrons. The Balaban J connectivity index is 0.000000131. The first-order valence-electron chi connectivity index (χ1n) is 44.9. The molecule has 0 unspecified atom stereocenters. The van der Waals surface area contributed by atoms with Crippen LogP contribution in [0.25, 0.3) is 251 Å². The van der Waals surface area contributed by atoms with Crippen molar-refractivity contribution in [1.29, 1.82) is 21.0 Å². The summed E-state index contributed by atoms with van der Waals surface area (Å²) in [5.74, 6) is -14.6. The molecule has 688 valence electrons. The second-order valence-electron chi connectivity index (χ2n) is 33.6. The second-order valence-corrected chi connectivity index (χ2v) is 33.6. The van der Waals surface area contributed by atoms with Crippen LogP contribution in [-0.4, -0.2) is 44.9 Å². The molecule has 0 spiro atoms. The number of hydrogen-bond acceptors (Lipinski definition) is 13. The van der Waals surface area contributed by atoms with Crippen LogP contribution in [0.1, 0.15) is 22.3 Å². The molecule has 0 aliphatic rings. The quantitative estimate of drug-likeness (QED) is 0.0385. The Kier molecular flexibility index (Phi) is 24.0. The molecule has 0 N–H and O–H groups in total. The summed E-state index contributed by atoms with van der Waals surface area (Å²) in [6, 6.07) is 99.2. The maximum atomic E-state index is 15.3. The van der Waals surface area contributed by atoms with E-state index < -0.39 is 52.1 Å². The average Bonchev–Trinajstić information content (AvgIpc) is 0.753. The van der Waals surface area contributed by atoms with Crippen LogP contribution in [0.4, 0.5) is 69.2 Å². The summed E-state index contributed by atoms with van der Waals surface area (Å²) < 4.78 is 117. The summed E-state index contributed by atoms with van der Waals surface area (Å²) in [7, 11) is 0. The fourth-order valence-electron chi connectivity index (χ4n) is 18.3. The first-order chi connectivity index (χ1) is 72.2. The highest BCUT2D eigenvalue weighted by Crippen LogP contribution is 2.51. The van der Waals surface area contributed by atoms with E-state index in [0.29, 0.717) is 195 Å². The van der Waals surface area contributed by atoms with Crippen molar-refractivity contribution in [2.75, 3.05) is 0 Å². The molecule has 0 bridgehead atoms. The topological polar surface area (TPSA) is 237 Å². The van der Waals surface area contributed by atoms with Gasteiger partial charge in [-0.15, -0.1) is 0 Å². The first-order valence-corrected chi connectivity index (χ1v) is 44.9. The van der Waals surface area contributed by atoms with Gasteiger partial charge in [0.25, 0.3) is 0 Å². The van der Waals surface area contributed by atoms with E-state index in [1.54, 1.807) is 194 Å². The third-order valence-electron chi connectivity index (χ3n) is 25.2. The number of halogens is 8. The molecule has 27 heteroatoms. The number of rotatable bonds is 11. The predicted molar refractivity (Wildman–Crippen MR) is 553 cm³/mol. The number of pyridine rings is 3. The Morgan fingerprint density at radius 1 is 0.209 bits per heavy atom. The minimum absolute atomic E-state index is 0.0403. The van der Waals surface area contributed by atoms with Crippen LogP contribution < -0.4 is 0 Å². The van der Waals surface area contributed by atoms with Gasteiger partial charge in [0, 0.05) is 81.9 Å². The minimum atomic E-state index is -2.28. The smallest absolute Gasteiger partial charge is 0.215 e. The third kappa shape index (κ3) is 16.3. The first kappa shape index (κ1) is 92.5. The van der Waals surface area contributed by atoms with Gasteiger partial charge >= 0.3 is 0 Å². The van der Waals surface area contributed by atoms with Crippen molar-refractivity contribution in [3.05, 3.63) is 459 Å². The van der Waals surface area contributed by atoms with E-state index in [1.807, 2.05) is 91.0 Å². The Morgan fingerprint density at radius 3 is 0.784 bits per heavy atom. The highest BCUT2D eigenvalue weighted by molar-refractivity contribution is 6.27. The number of nitriles is 4. The van der Waals surface area contributed by atoms with Crippen LogP contribution in [0, 0.1) is 131 Å². The summed E-state index contributed by atoms with van der Waals surface area (Å²) >= 11 is 0. The molecule has 0 saturated carbocycles. The van der Waals surface area contributed by atoms with Gasteiger partial charge in [-0.2, -0.15) is 21.0 Å². The SMILES string of the molecule is [C-]#[N+]c1ccc(-c2nc3c([N+]#[C-])cc4c(-c5ccccc5-c5c(F)c(F)c(F)c(F)c5F)nc5ccccc5c4c3nc2-c2ccc(C#N)cc2)cc1.[C-]#[N+]c1ccc(-c2nc3c([N+]#[C-])cc4c(-c5ccccc5-c5cc(F)c(F)c(F)c5)nc5ccccc5c4c3nc2-c2ccc(C#N)cc2)cc1.[C-]#[N+]c1ccc(-c2nc3c([N+]#[C-])cc4c(-c5ccccc5C#N)nc5ccccc5c4c3nc2-c2ccc(C#N)cc2)cc1. The lowest BCUT2D eigenvalue weighted by molar-refractivity contribution is 0.381. The van der Waals surface area contributed by atoms with Gasteiger partial charge in [0.2, 0.25) is 22.9 Å². The fraction of sp³-hybridized carbons (Fsp3) is 0. The van der Waals surface area contributed by atoms with Gasteiger partial charge < -0.3 is 0 Å². The van der Waals surface area contributed by atoms with Crippen molar-refractivity contribution in [3.63, 3.8) is 0 Å². The summed E-state index contributed by atoms with van der Waals surface area (Å²) in [4.78, 5) is 67.6. The summed E-state index contributed by atoms with van der Waals surface area (Å²) in [6.07, 6.45) is 0. The van der Waals surface area contributed by atoms with Crippen LogP contribution in [0.2, 0.25) is 0 Å². The standard InChI is InChI=1S/C42H17F5N6.C42H19F3N6.C37H17N7/c1-49-24-17-15-23(16-18-24)38-39(22-13-11-21(20-48)12-14-22)53-42-31-27-9-5-6-10-29(27)51-40(28(31)19-30(50-2)41(42)52-38)26-8-4-3-7-25(26)32-33(43)35(45)37(47)36(46)34(32)44;1-47-27-17-15-25(16-18-27)38-39(24-13-11-23(22-46)12-14-24)51-42-36-30-9-5-6-10-34(30)49-40(31(36)21-35(48-2)41(42)50-38)29-8-4-3-7-28(29)26-19-32(43)37(45)33(44)20-26;1-40-26-17-15-24(16-18-26)33-34(23-13-11-22(20-38)12-14-23)44-37-32-28-9-5-6-10-30(28)42-35(27-8-4-3-7-25(27)21-39)29(32)19-31(41-2)36(37)43-33/h3-19H;3-21H;3-19H. The number of benzene rings is 17. The zero-order valence-electron chi connectivity index (χ0n) is 76.1. The summed E-state index contributed by atoms with van der Waals surface area (Å²) in [5.41, 5.74) is 16.2. The third-order valence-corrected chi connectivity index (χ3v) is 25.2. The zero-order valence-corrected chi connectivity index (χ0v) is 76.1. The van der Waals surface area contributed by atoms with Gasteiger partial charge in [-0.05, 0) is 124 Å². The van der Waals surface area contributed by atoms with E-state index in [2.05, 4.69) is 53.3 Å². The lowest BCUT2D eigenvalue weighted by Gasteiger charge is -2.18. The van der Waals surface area contributed by atoms with Gasteiger partial charge in [0.1, 0.15) is 0 Å². The van der Waals surface area contributed by atoms with E-state index in [0.717, 1.165) is 44.9 Å². The van der Waals surface area contributed by atoms with Crippen molar-refractivity contribution in [2.45, 2.75) is 0 Å². The van der Waals surface area contributed by atoms with Crippen LogP contribution >= 0.6 is 0 Å². The summed E-state index contributed by atoms with van der Waals surface area (Å²) in [6.45, 7) is 46.7. The molecular formula is C121H53F8N19. The Morgan fingerprint density at radius 2 is 0.473 bits per heavy atom. The Hall–Kier alpha value is -21.9. The van der Waals surface area contributed by atoms with E-state index in [4.69, 9.17) is 84.3 Å². The second kappa shape index (κ2) is 38.4. The highest BCUT2D eigenvalue weighted by Gasteiger charge is 2.33. The minimum Gasteiger partial charge on any atom is -0.255 e. The van der Waals surface area contributed by atoms with E-state index in [-0.39, 0.29) is 44.8 Å². The van der Waals surface area contributed by atoms with Gasteiger partial charge in [0.15, 0.2) is 57.8 Å². The molecule has 23 aromatic rings. The van der Waals surface area contributed by atoms with Crippen LogP contribution in [0.5, 0.6) is 0 Å². The largest absolute Gasteiger partial charge is 0.255 e. The lowest BCUT2D eigenvalue weighted by atomic mass is 9.92. The van der Waals surface area contributed by atoms with Crippen molar-refractivity contribution in [1.82, 2.24) is 44.9 Å². The van der Waals surface area contributed by atoms with E-state index in [9.17, 15) is 47.4 Å². The number of para-hydroxylation sites is 3. The van der Waals surface area contributed by atoms with Crippen molar-refractivity contribution >= 4 is 132 Å². The number of aromatic nitrogens is 9. The Labute approximate surface area is 834 Å². The van der Waals surface area contributed by atoms with Gasteiger partial charge in [-0.25, -0.2) is 94.1 Å². The Bertz CT molecular complexity index is 10100. The number of nitrogens with zero attached hydrogens (tertiary/aromatic N) is 19. The molecule has 0 aliphatic heterocycles.